The highest BCUT2D eigenvalue weighted by Gasteiger charge is 2.44. The molecular formula is C15H19Cl2NO. The molecule has 1 fully saturated rings. The largest absolute Gasteiger partial charge is 0.392 e. The molecule has 3 rings (SSSR count). The molecule has 19 heavy (non-hydrogen) atoms. The van der Waals surface area contributed by atoms with E-state index in [0.29, 0.717) is 22.0 Å². The van der Waals surface area contributed by atoms with Crippen LogP contribution >= 0.6 is 23.2 Å². The van der Waals surface area contributed by atoms with Gasteiger partial charge in [0, 0.05) is 17.9 Å². The number of benzene rings is 1. The zero-order valence-electron chi connectivity index (χ0n) is 11.2. The second-order valence-corrected chi connectivity index (χ2v) is 6.85. The van der Waals surface area contributed by atoms with Crippen LogP contribution in [0.25, 0.3) is 0 Å². The van der Waals surface area contributed by atoms with Gasteiger partial charge < -0.3 is 10.0 Å². The molecule has 2 aliphatic rings. The summed E-state index contributed by atoms with van der Waals surface area (Å²) in [6, 6.07) is 4.40. The van der Waals surface area contributed by atoms with E-state index in [1.54, 1.807) is 0 Å². The predicted octanol–water partition coefficient (Wildman–Crippen LogP) is 3.33. The van der Waals surface area contributed by atoms with Gasteiger partial charge >= 0.3 is 0 Å². The molecule has 0 radical (unpaired) electrons. The number of halogens is 2. The fourth-order valence-corrected chi connectivity index (χ4v) is 4.24. The van der Waals surface area contributed by atoms with E-state index in [1.807, 2.05) is 12.1 Å². The van der Waals surface area contributed by atoms with Gasteiger partial charge in [-0.1, -0.05) is 23.2 Å². The van der Waals surface area contributed by atoms with Crippen LogP contribution in [0.1, 0.15) is 29.9 Å². The minimum absolute atomic E-state index is 0.222. The Bertz CT molecular complexity index is 503. The van der Waals surface area contributed by atoms with Crippen molar-refractivity contribution in [3.05, 3.63) is 33.3 Å². The van der Waals surface area contributed by atoms with Crippen LogP contribution in [-0.4, -0.2) is 36.2 Å². The van der Waals surface area contributed by atoms with E-state index in [9.17, 15) is 5.11 Å². The Balaban J connectivity index is 2.03. The van der Waals surface area contributed by atoms with Gasteiger partial charge in [-0.25, -0.2) is 0 Å². The van der Waals surface area contributed by atoms with Gasteiger partial charge in [0.05, 0.1) is 16.1 Å². The van der Waals surface area contributed by atoms with E-state index in [0.717, 1.165) is 19.3 Å². The van der Waals surface area contributed by atoms with E-state index in [4.69, 9.17) is 23.2 Å². The molecule has 4 atom stereocenters. The van der Waals surface area contributed by atoms with Crippen molar-refractivity contribution in [2.45, 2.75) is 37.3 Å². The molecule has 1 saturated carbocycles. The first-order valence-electron chi connectivity index (χ1n) is 6.81. The maximum absolute atomic E-state index is 10.6. The zero-order valence-corrected chi connectivity index (χ0v) is 12.7. The Morgan fingerprint density at radius 2 is 1.84 bits per heavy atom. The third-order valence-electron chi connectivity index (χ3n) is 4.82. The molecule has 0 saturated heterocycles. The maximum Gasteiger partial charge on any atom is 0.0655 e. The van der Waals surface area contributed by atoms with E-state index in [1.165, 1.54) is 11.1 Å². The molecule has 2 aliphatic carbocycles. The number of fused-ring (bicyclic) bond motifs is 4. The van der Waals surface area contributed by atoms with Crippen LogP contribution in [0.4, 0.5) is 0 Å². The lowest BCUT2D eigenvalue weighted by molar-refractivity contribution is -0.00781. The number of aliphatic hydroxyl groups excluding tert-OH is 1. The average molecular weight is 300 g/mol. The van der Waals surface area contributed by atoms with Crippen molar-refractivity contribution in [1.82, 2.24) is 4.90 Å². The van der Waals surface area contributed by atoms with Crippen molar-refractivity contribution in [3.63, 3.8) is 0 Å². The second kappa shape index (κ2) is 4.92. The van der Waals surface area contributed by atoms with Crippen LogP contribution < -0.4 is 0 Å². The number of hydrogen-bond acceptors (Lipinski definition) is 2. The van der Waals surface area contributed by atoms with E-state index in [2.05, 4.69) is 19.0 Å². The van der Waals surface area contributed by atoms with Crippen LogP contribution in [0.15, 0.2) is 12.1 Å². The summed E-state index contributed by atoms with van der Waals surface area (Å²) < 4.78 is 0. The van der Waals surface area contributed by atoms with Crippen molar-refractivity contribution >= 4 is 23.2 Å². The third-order valence-corrected chi connectivity index (χ3v) is 5.54. The summed E-state index contributed by atoms with van der Waals surface area (Å²) >= 11 is 12.3. The third kappa shape index (κ3) is 2.19. The summed E-state index contributed by atoms with van der Waals surface area (Å²) in [6.07, 6.45) is 2.79. The van der Waals surface area contributed by atoms with Gasteiger partial charge in [0.25, 0.3) is 0 Å². The zero-order chi connectivity index (χ0) is 13.7. The standard InChI is InChI=1S/C15H19Cl2NO/c1-18(2)14-4-3-9-10-7-13(17)12(16)6-8(10)5-11(14)15(9)19/h6-7,9,11,14-15,19H,3-5H2,1-2H3/t9-,11-,14+,15-/m1/s1. The summed E-state index contributed by atoms with van der Waals surface area (Å²) in [5.74, 6) is 0.526. The molecular weight excluding hydrogens is 281 g/mol. The number of nitrogens with zero attached hydrogens (tertiary/aromatic N) is 1. The van der Waals surface area contributed by atoms with E-state index >= 15 is 0 Å². The number of rotatable bonds is 1. The van der Waals surface area contributed by atoms with Crippen molar-refractivity contribution in [2.24, 2.45) is 5.92 Å². The summed E-state index contributed by atoms with van der Waals surface area (Å²) in [7, 11) is 4.20. The minimum Gasteiger partial charge on any atom is -0.392 e. The summed E-state index contributed by atoms with van der Waals surface area (Å²) in [5.41, 5.74) is 2.47. The van der Waals surface area contributed by atoms with Crippen LogP contribution in [-0.2, 0) is 6.42 Å². The molecule has 0 amide bonds. The van der Waals surface area contributed by atoms with Gasteiger partial charge in [-0.05, 0) is 56.6 Å². The van der Waals surface area contributed by atoms with Crippen molar-refractivity contribution in [2.75, 3.05) is 14.1 Å². The lowest BCUT2D eigenvalue weighted by atomic mass is 9.65. The van der Waals surface area contributed by atoms with Gasteiger partial charge in [0.15, 0.2) is 0 Å². The number of hydrogen-bond donors (Lipinski definition) is 1. The Morgan fingerprint density at radius 3 is 2.53 bits per heavy atom. The maximum atomic E-state index is 10.6. The van der Waals surface area contributed by atoms with Crippen LogP contribution in [0.5, 0.6) is 0 Å². The van der Waals surface area contributed by atoms with Crippen LogP contribution in [0.2, 0.25) is 10.0 Å². The molecule has 0 unspecified atom stereocenters. The van der Waals surface area contributed by atoms with Gasteiger partial charge in [0.1, 0.15) is 0 Å². The summed E-state index contributed by atoms with van der Waals surface area (Å²) in [5, 5.41) is 11.8. The van der Waals surface area contributed by atoms with Crippen molar-refractivity contribution in [1.29, 1.82) is 0 Å². The molecule has 1 N–H and O–H groups in total. The summed E-state index contributed by atoms with van der Waals surface area (Å²) in [6.45, 7) is 0. The molecule has 2 bridgehead atoms. The van der Waals surface area contributed by atoms with E-state index in [-0.39, 0.29) is 12.0 Å². The van der Waals surface area contributed by atoms with Gasteiger partial charge in [0.2, 0.25) is 0 Å². The Hall–Kier alpha value is -0.280. The lowest BCUT2D eigenvalue weighted by Crippen LogP contribution is -2.50. The van der Waals surface area contributed by atoms with Crippen LogP contribution in [0, 0.1) is 5.92 Å². The monoisotopic (exact) mass is 299 g/mol. The first-order chi connectivity index (χ1) is 8.99. The normalized spacial score (nSPS) is 33.4. The first kappa shape index (κ1) is 13.7. The van der Waals surface area contributed by atoms with Crippen molar-refractivity contribution < 1.29 is 5.11 Å². The Morgan fingerprint density at radius 1 is 1.16 bits per heavy atom. The predicted molar refractivity (Wildman–Crippen MR) is 79.1 cm³/mol. The average Bonchev–Trinajstić information content (AvgIpc) is 2.33. The van der Waals surface area contributed by atoms with Crippen LogP contribution in [0.3, 0.4) is 0 Å². The van der Waals surface area contributed by atoms with Crippen molar-refractivity contribution in [3.8, 4) is 0 Å². The SMILES string of the molecule is CN(C)[C@H]1CC[C@@H]2c3cc(Cl)c(Cl)cc3C[C@H]1[C@@H]2O. The highest BCUT2D eigenvalue weighted by molar-refractivity contribution is 6.42. The highest BCUT2D eigenvalue weighted by atomic mass is 35.5. The number of aliphatic hydroxyl groups is 1. The lowest BCUT2D eigenvalue weighted by Gasteiger charge is -2.47. The van der Waals surface area contributed by atoms with Gasteiger partial charge in [-0.2, -0.15) is 0 Å². The van der Waals surface area contributed by atoms with Gasteiger partial charge in [-0.3, -0.25) is 0 Å². The topological polar surface area (TPSA) is 23.5 Å². The second-order valence-electron chi connectivity index (χ2n) is 6.04. The fraction of sp³-hybridized carbons (Fsp3) is 0.600. The minimum atomic E-state index is -0.258. The fourth-order valence-electron chi connectivity index (χ4n) is 3.88. The molecule has 2 nitrogen and oxygen atoms in total. The molecule has 0 spiro atoms. The molecule has 4 heteroatoms. The molecule has 0 aromatic heterocycles. The molecule has 1 aromatic rings. The molecule has 0 heterocycles. The molecule has 0 aliphatic heterocycles. The molecule has 104 valence electrons. The Labute approximate surface area is 124 Å². The first-order valence-corrected chi connectivity index (χ1v) is 7.57. The molecule has 1 aromatic carbocycles. The quantitative estimate of drug-likeness (QED) is 0.860. The Kier molecular flexibility index (Phi) is 3.55. The van der Waals surface area contributed by atoms with E-state index < -0.39 is 0 Å². The smallest absolute Gasteiger partial charge is 0.0655 e. The van der Waals surface area contributed by atoms with Gasteiger partial charge in [-0.15, -0.1) is 0 Å². The summed E-state index contributed by atoms with van der Waals surface area (Å²) in [4.78, 5) is 2.24. The highest BCUT2D eigenvalue weighted by Crippen LogP contribution is 2.46.